The first-order valence-electron chi connectivity index (χ1n) is 4.80. The van der Waals surface area contributed by atoms with Gasteiger partial charge in [0.15, 0.2) is 0 Å². The van der Waals surface area contributed by atoms with Gasteiger partial charge in [-0.3, -0.25) is 0 Å². The average molecular weight is 278 g/mol. The minimum absolute atomic E-state index is 0.0214. The lowest BCUT2D eigenvalue weighted by Gasteiger charge is -2.09. The van der Waals surface area contributed by atoms with Crippen molar-refractivity contribution < 1.29 is 17.9 Å². The van der Waals surface area contributed by atoms with Crippen LogP contribution in [0.1, 0.15) is 17.3 Å². The van der Waals surface area contributed by atoms with Crippen LogP contribution in [0.5, 0.6) is 0 Å². The van der Waals surface area contributed by atoms with Gasteiger partial charge in [-0.05, 0) is 12.1 Å². The van der Waals surface area contributed by atoms with Crippen molar-refractivity contribution in [3.63, 3.8) is 0 Å². The van der Waals surface area contributed by atoms with E-state index in [0.29, 0.717) is 0 Å². The standard InChI is InChI=1S/C10H12ClNO4S/c1-3-12-17(14,15)8-6-4-5-7(9(8)11)10(13)16-2/h4-6,12H,3H2,1-2H3. The van der Waals surface area contributed by atoms with Gasteiger partial charge in [0.1, 0.15) is 4.90 Å². The van der Waals surface area contributed by atoms with Gasteiger partial charge < -0.3 is 4.74 Å². The highest BCUT2D eigenvalue weighted by Gasteiger charge is 2.21. The third-order valence-corrected chi connectivity index (χ3v) is 4.10. The van der Waals surface area contributed by atoms with Gasteiger partial charge in [-0.1, -0.05) is 24.6 Å². The quantitative estimate of drug-likeness (QED) is 0.845. The Hall–Kier alpha value is -1.11. The van der Waals surface area contributed by atoms with Gasteiger partial charge in [0.25, 0.3) is 0 Å². The second-order valence-corrected chi connectivity index (χ2v) is 5.22. The van der Waals surface area contributed by atoms with E-state index >= 15 is 0 Å². The second kappa shape index (κ2) is 5.48. The van der Waals surface area contributed by atoms with E-state index in [2.05, 4.69) is 9.46 Å². The van der Waals surface area contributed by atoms with E-state index in [-0.39, 0.29) is 22.0 Å². The highest BCUT2D eigenvalue weighted by molar-refractivity contribution is 7.89. The highest BCUT2D eigenvalue weighted by atomic mass is 35.5. The number of rotatable bonds is 4. The topological polar surface area (TPSA) is 72.5 Å². The number of ether oxygens (including phenoxy) is 1. The van der Waals surface area contributed by atoms with E-state index in [4.69, 9.17) is 11.6 Å². The molecule has 0 radical (unpaired) electrons. The largest absolute Gasteiger partial charge is 0.465 e. The van der Waals surface area contributed by atoms with Crippen molar-refractivity contribution in [3.8, 4) is 0 Å². The molecule has 0 spiro atoms. The summed E-state index contributed by atoms with van der Waals surface area (Å²) in [7, 11) is -2.50. The summed E-state index contributed by atoms with van der Waals surface area (Å²) in [5.74, 6) is -0.677. The van der Waals surface area contributed by atoms with Crippen LogP contribution >= 0.6 is 11.6 Å². The molecule has 1 rings (SSSR count). The van der Waals surface area contributed by atoms with Crippen molar-refractivity contribution in [2.75, 3.05) is 13.7 Å². The third kappa shape index (κ3) is 2.96. The fourth-order valence-corrected chi connectivity index (χ4v) is 2.90. The van der Waals surface area contributed by atoms with Gasteiger partial charge >= 0.3 is 5.97 Å². The molecule has 0 aliphatic heterocycles. The van der Waals surface area contributed by atoms with Crippen LogP contribution in [-0.4, -0.2) is 28.0 Å². The van der Waals surface area contributed by atoms with Gasteiger partial charge in [0.2, 0.25) is 10.0 Å². The molecule has 0 saturated heterocycles. The van der Waals surface area contributed by atoms with Crippen LogP contribution < -0.4 is 4.72 Å². The number of nitrogens with one attached hydrogen (secondary N) is 1. The van der Waals surface area contributed by atoms with E-state index in [1.54, 1.807) is 6.92 Å². The minimum atomic E-state index is -3.69. The van der Waals surface area contributed by atoms with Gasteiger partial charge in [-0.15, -0.1) is 0 Å². The van der Waals surface area contributed by atoms with E-state index < -0.39 is 16.0 Å². The first kappa shape index (κ1) is 14.0. The number of esters is 1. The maximum absolute atomic E-state index is 11.8. The van der Waals surface area contributed by atoms with Crippen molar-refractivity contribution >= 4 is 27.6 Å². The van der Waals surface area contributed by atoms with Crippen LogP contribution in [0, 0.1) is 0 Å². The maximum Gasteiger partial charge on any atom is 0.339 e. The minimum Gasteiger partial charge on any atom is -0.465 e. The maximum atomic E-state index is 11.8. The number of sulfonamides is 1. The lowest BCUT2D eigenvalue weighted by Crippen LogP contribution is -2.24. The van der Waals surface area contributed by atoms with Crippen molar-refractivity contribution in [1.29, 1.82) is 0 Å². The molecule has 0 atom stereocenters. The molecule has 0 saturated carbocycles. The smallest absolute Gasteiger partial charge is 0.339 e. The molecular weight excluding hydrogens is 266 g/mol. The molecule has 7 heteroatoms. The van der Waals surface area contributed by atoms with Crippen LogP contribution in [0.25, 0.3) is 0 Å². The van der Waals surface area contributed by atoms with Crippen molar-refractivity contribution in [3.05, 3.63) is 28.8 Å². The average Bonchev–Trinajstić information content (AvgIpc) is 2.28. The van der Waals surface area contributed by atoms with Crippen molar-refractivity contribution in [2.45, 2.75) is 11.8 Å². The Morgan fingerprint density at radius 1 is 1.47 bits per heavy atom. The van der Waals surface area contributed by atoms with Crippen LogP contribution in [0.2, 0.25) is 5.02 Å². The molecule has 94 valence electrons. The molecule has 0 amide bonds. The number of hydrogen-bond acceptors (Lipinski definition) is 4. The lowest BCUT2D eigenvalue weighted by atomic mass is 10.2. The molecule has 0 bridgehead atoms. The van der Waals surface area contributed by atoms with Gasteiger partial charge in [0.05, 0.1) is 17.7 Å². The molecule has 17 heavy (non-hydrogen) atoms. The monoisotopic (exact) mass is 277 g/mol. The van der Waals surface area contributed by atoms with Crippen molar-refractivity contribution in [1.82, 2.24) is 4.72 Å². The van der Waals surface area contributed by atoms with Crippen LogP contribution in [0.3, 0.4) is 0 Å². The molecule has 0 fully saturated rings. The molecule has 0 aliphatic rings. The fraction of sp³-hybridized carbons (Fsp3) is 0.300. The van der Waals surface area contributed by atoms with E-state index in [0.717, 1.165) is 0 Å². The SMILES string of the molecule is CCNS(=O)(=O)c1cccc(C(=O)OC)c1Cl. The number of halogens is 1. The fourth-order valence-electron chi connectivity index (χ4n) is 1.25. The summed E-state index contributed by atoms with van der Waals surface area (Å²) >= 11 is 5.88. The highest BCUT2D eigenvalue weighted by Crippen LogP contribution is 2.25. The summed E-state index contributed by atoms with van der Waals surface area (Å²) in [5.41, 5.74) is 0.0214. The summed E-state index contributed by atoms with van der Waals surface area (Å²) in [6.07, 6.45) is 0. The molecule has 0 aliphatic carbocycles. The summed E-state index contributed by atoms with van der Waals surface area (Å²) < 4.78 is 30.3. The third-order valence-electron chi connectivity index (χ3n) is 1.99. The van der Waals surface area contributed by atoms with Crippen LogP contribution in [-0.2, 0) is 14.8 Å². The normalized spacial score (nSPS) is 11.2. The molecule has 1 aromatic rings. The molecule has 5 nitrogen and oxygen atoms in total. The molecule has 0 unspecified atom stereocenters. The first-order valence-corrected chi connectivity index (χ1v) is 6.66. The van der Waals surface area contributed by atoms with Gasteiger partial charge in [-0.25, -0.2) is 17.9 Å². The zero-order valence-electron chi connectivity index (χ0n) is 9.36. The number of carbonyl (C=O) groups excluding carboxylic acids is 1. The zero-order chi connectivity index (χ0) is 13.1. The first-order chi connectivity index (χ1) is 7.94. The second-order valence-electron chi connectivity index (χ2n) is 3.11. The molecular formula is C10H12ClNO4S. The predicted octanol–water partition coefficient (Wildman–Crippen LogP) is 1.42. The number of hydrogen-bond donors (Lipinski definition) is 1. The van der Waals surface area contributed by atoms with E-state index in [1.807, 2.05) is 0 Å². The molecule has 1 aromatic carbocycles. The summed E-state index contributed by atoms with van der Waals surface area (Å²) in [6, 6.07) is 4.16. The molecule has 0 aromatic heterocycles. The van der Waals surface area contributed by atoms with E-state index in [1.165, 1.54) is 25.3 Å². The number of benzene rings is 1. The Bertz CT molecular complexity index is 527. The summed E-state index contributed by atoms with van der Waals surface area (Å²) in [6.45, 7) is 1.89. The van der Waals surface area contributed by atoms with Crippen molar-refractivity contribution in [2.24, 2.45) is 0 Å². The Kier molecular flexibility index (Phi) is 4.50. The molecule has 1 N–H and O–H groups in total. The summed E-state index contributed by atoms with van der Waals surface area (Å²) in [5, 5.41) is -0.139. The Labute approximate surface area is 105 Å². The Morgan fingerprint density at radius 3 is 2.65 bits per heavy atom. The van der Waals surface area contributed by atoms with Crippen LogP contribution in [0.4, 0.5) is 0 Å². The van der Waals surface area contributed by atoms with Crippen LogP contribution in [0.15, 0.2) is 23.1 Å². The van der Waals surface area contributed by atoms with Gasteiger partial charge in [-0.2, -0.15) is 0 Å². The molecule has 0 heterocycles. The Balaban J connectivity index is 3.34. The van der Waals surface area contributed by atoms with E-state index in [9.17, 15) is 13.2 Å². The zero-order valence-corrected chi connectivity index (χ0v) is 10.9. The number of carbonyl (C=O) groups is 1. The number of methoxy groups -OCH3 is 1. The Morgan fingerprint density at radius 2 is 2.12 bits per heavy atom. The van der Waals surface area contributed by atoms with Gasteiger partial charge in [0, 0.05) is 6.54 Å². The lowest BCUT2D eigenvalue weighted by molar-refractivity contribution is 0.0600. The summed E-state index contributed by atoms with van der Waals surface area (Å²) in [4.78, 5) is 11.2. The predicted molar refractivity (Wildman–Crippen MR) is 63.7 cm³/mol.